The number of rotatable bonds is 5. The Balaban J connectivity index is 3.53. The monoisotopic (exact) mass is 221 g/mol. The van der Waals surface area contributed by atoms with Crippen LogP contribution in [0.5, 0.6) is 0 Å². The van der Waals surface area contributed by atoms with Crippen molar-refractivity contribution in [3.8, 4) is 0 Å². The third-order valence-electron chi connectivity index (χ3n) is 1.16. The molecule has 0 fully saturated rings. The summed E-state index contributed by atoms with van der Waals surface area (Å²) in [4.78, 5) is 0. The Labute approximate surface area is 81.8 Å². The summed E-state index contributed by atoms with van der Waals surface area (Å²) in [5.41, 5.74) is 0. The molecule has 1 radical (unpaired) electrons. The van der Waals surface area contributed by atoms with Crippen LogP contribution in [-0.2, 0) is 0 Å². The van der Waals surface area contributed by atoms with Crippen molar-refractivity contribution in [2.24, 2.45) is 5.92 Å². The molecule has 0 aliphatic heterocycles. The van der Waals surface area contributed by atoms with Crippen molar-refractivity contribution < 1.29 is 0 Å². The molecule has 0 amide bonds. The molecule has 0 heterocycles. The summed E-state index contributed by atoms with van der Waals surface area (Å²) < 4.78 is 0. The first kappa shape index (κ1) is 11.2. The molecule has 1 unspecified atom stereocenters. The van der Waals surface area contributed by atoms with Gasteiger partial charge in [0.05, 0.1) is 0 Å². The van der Waals surface area contributed by atoms with E-state index < -0.39 is 0 Å². The predicted octanol–water partition coefficient (Wildman–Crippen LogP) is 3.13. The highest BCUT2D eigenvalue weighted by Gasteiger charge is 2.16. The first-order valence-corrected chi connectivity index (χ1v) is 4.95. The predicted molar refractivity (Wildman–Crippen MR) is 49.6 cm³/mol. The zero-order chi connectivity index (χ0) is 7.98. The first-order valence-electron chi connectivity index (χ1n) is 2.91. The topological polar surface area (TPSA) is 0 Å². The van der Waals surface area contributed by atoms with E-state index in [9.17, 15) is 0 Å². The molecule has 0 bridgehead atoms. The van der Waals surface area contributed by atoms with E-state index in [-0.39, 0.29) is 11.3 Å². The molecule has 0 aliphatic carbocycles. The van der Waals surface area contributed by atoms with Crippen LogP contribution in [-0.4, -0.2) is 23.0 Å². The Morgan fingerprint density at radius 3 is 1.90 bits per heavy atom. The Morgan fingerprint density at radius 2 is 1.60 bits per heavy atom. The van der Waals surface area contributed by atoms with Crippen LogP contribution in [0.15, 0.2) is 0 Å². The lowest BCUT2D eigenvalue weighted by Gasteiger charge is -2.14. The van der Waals surface area contributed by atoms with Crippen molar-refractivity contribution in [1.29, 1.82) is 0 Å². The molecule has 1 atom stereocenters. The molecular weight excluding hydrogens is 214 g/mol. The highest BCUT2D eigenvalue weighted by molar-refractivity contribution is 6.26. The summed E-state index contributed by atoms with van der Waals surface area (Å²) in [6.07, 6.45) is 1.79. The van der Waals surface area contributed by atoms with Crippen LogP contribution in [0.2, 0.25) is 0 Å². The van der Waals surface area contributed by atoms with Gasteiger partial charge in [-0.1, -0.05) is 0 Å². The zero-order valence-corrected chi connectivity index (χ0v) is 8.39. The van der Waals surface area contributed by atoms with E-state index in [1.807, 2.05) is 0 Å². The van der Waals surface area contributed by atoms with Crippen LogP contribution < -0.4 is 0 Å². The van der Waals surface area contributed by atoms with Crippen LogP contribution in [0.25, 0.3) is 0 Å². The van der Waals surface area contributed by atoms with Crippen molar-refractivity contribution in [1.82, 2.24) is 0 Å². The smallest absolute Gasteiger partial charge is 0.0430 e. The minimum Gasteiger partial charge on any atom is -0.126 e. The maximum Gasteiger partial charge on any atom is 0.0430 e. The van der Waals surface area contributed by atoms with E-state index in [1.165, 1.54) is 0 Å². The maximum atomic E-state index is 5.84. The van der Waals surface area contributed by atoms with Crippen LogP contribution in [0.4, 0.5) is 0 Å². The van der Waals surface area contributed by atoms with Gasteiger partial charge in [-0.3, -0.25) is 0 Å². The minimum absolute atomic E-state index is 0.104. The average molecular weight is 223 g/mol. The van der Waals surface area contributed by atoms with Crippen molar-refractivity contribution in [3.05, 3.63) is 6.42 Å². The Hall–Kier alpha value is 1.16. The molecule has 0 spiro atoms. The van der Waals surface area contributed by atoms with Gasteiger partial charge >= 0.3 is 0 Å². The molecule has 4 heteroatoms. The molecule has 0 saturated heterocycles. The van der Waals surface area contributed by atoms with Crippen LogP contribution in [0.1, 0.15) is 0 Å². The Kier molecular flexibility index (Phi) is 7.64. The molecule has 0 saturated carbocycles. The fraction of sp³-hybridized carbons (Fsp3) is 0.833. The normalized spacial score (nSPS) is 14.1. The lowest BCUT2D eigenvalue weighted by molar-refractivity contribution is 0.662. The highest BCUT2D eigenvalue weighted by atomic mass is 35.5. The van der Waals surface area contributed by atoms with Gasteiger partial charge in [0.1, 0.15) is 0 Å². The van der Waals surface area contributed by atoms with Gasteiger partial charge in [-0.2, -0.15) is 0 Å². The lowest BCUT2D eigenvalue weighted by Crippen LogP contribution is -2.19. The van der Waals surface area contributed by atoms with Gasteiger partial charge in [0.2, 0.25) is 0 Å². The largest absolute Gasteiger partial charge is 0.126 e. The molecule has 0 N–H and O–H groups in total. The van der Waals surface area contributed by atoms with E-state index in [0.717, 1.165) is 0 Å². The number of hydrogen-bond donors (Lipinski definition) is 0. The number of hydrogen-bond acceptors (Lipinski definition) is 0. The fourth-order valence-corrected chi connectivity index (χ4v) is 1.94. The molecule has 0 nitrogen and oxygen atoms in total. The van der Waals surface area contributed by atoms with Crippen molar-refractivity contribution in [3.63, 3.8) is 0 Å². The van der Waals surface area contributed by atoms with E-state index in [4.69, 9.17) is 46.4 Å². The number of alkyl halides is 4. The van der Waals surface area contributed by atoms with E-state index in [1.54, 1.807) is 6.42 Å². The second-order valence-electron chi connectivity index (χ2n) is 1.90. The van der Waals surface area contributed by atoms with Crippen LogP contribution in [0, 0.1) is 12.3 Å². The molecular formula is C6H9Cl4. The van der Waals surface area contributed by atoms with E-state index in [0.29, 0.717) is 17.6 Å². The standard InChI is InChI=1S/C6H9Cl4/c7-2-1-6(10)5(3-8)4-9/h1,5-6H,2-4H2. The van der Waals surface area contributed by atoms with Crippen LogP contribution >= 0.6 is 46.4 Å². The summed E-state index contributed by atoms with van der Waals surface area (Å²) in [7, 11) is 0. The summed E-state index contributed by atoms with van der Waals surface area (Å²) in [6.45, 7) is 0. The van der Waals surface area contributed by atoms with Gasteiger partial charge in [0, 0.05) is 28.9 Å². The molecule has 0 aromatic carbocycles. The summed E-state index contributed by atoms with van der Waals surface area (Å²) in [6, 6.07) is 0. The van der Waals surface area contributed by atoms with Gasteiger partial charge in [0.25, 0.3) is 0 Å². The van der Waals surface area contributed by atoms with Crippen molar-refractivity contribution >= 4 is 46.4 Å². The third kappa shape index (κ3) is 4.12. The average Bonchev–Trinajstić information content (AvgIpc) is 1.91. The first-order chi connectivity index (χ1) is 4.76. The quantitative estimate of drug-likeness (QED) is 0.628. The van der Waals surface area contributed by atoms with Gasteiger partial charge in [-0.25, -0.2) is 0 Å². The molecule has 0 aliphatic rings. The Bertz CT molecular complexity index is 72.1. The summed E-state index contributed by atoms with van der Waals surface area (Å²) in [5, 5.41) is -0.104. The summed E-state index contributed by atoms with van der Waals surface area (Å²) >= 11 is 22.4. The molecule has 0 rings (SSSR count). The molecule has 0 aromatic heterocycles. The Morgan fingerprint density at radius 1 is 1.10 bits per heavy atom. The van der Waals surface area contributed by atoms with E-state index in [2.05, 4.69) is 0 Å². The van der Waals surface area contributed by atoms with Gasteiger partial charge in [-0.05, 0) is 6.42 Å². The SMILES string of the molecule is ClC[CH]C(Cl)C(CCl)CCl. The van der Waals surface area contributed by atoms with Gasteiger partial charge in [0.15, 0.2) is 0 Å². The fourth-order valence-electron chi connectivity index (χ4n) is 0.489. The summed E-state index contributed by atoms with van der Waals surface area (Å²) in [5.74, 6) is 1.53. The number of halogens is 4. The second-order valence-corrected chi connectivity index (χ2v) is 3.33. The minimum atomic E-state index is -0.104. The van der Waals surface area contributed by atoms with Crippen molar-refractivity contribution in [2.45, 2.75) is 5.38 Å². The second kappa shape index (κ2) is 6.84. The van der Waals surface area contributed by atoms with Gasteiger partial charge in [-0.15, -0.1) is 46.4 Å². The third-order valence-corrected chi connectivity index (χ3v) is 2.67. The van der Waals surface area contributed by atoms with Crippen LogP contribution in [0.3, 0.4) is 0 Å². The maximum absolute atomic E-state index is 5.84. The van der Waals surface area contributed by atoms with E-state index >= 15 is 0 Å². The zero-order valence-electron chi connectivity index (χ0n) is 5.37. The van der Waals surface area contributed by atoms with Gasteiger partial charge < -0.3 is 0 Å². The molecule has 0 aromatic rings. The molecule has 10 heavy (non-hydrogen) atoms. The van der Waals surface area contributed by atoms with Crippen molar-refractivity contribution in [2.75, 3.05) is 17.6 Å². The molecule has 61 valence electrons. The highest BCUT2D eigenvalue weighted by Crippen LogP contribution is 2.17. The lowest BCUT2D eigenvalue weighted by atomic mass is 10.1.